The number of anilines is 1. The minimum atomic E-state index is -0.339. The monoisotopic (exact) mass is 419 g/mol. The van der Waals surface area contributed by atoms with Gasteiger partial charge in [-0.25, -0.2) is 9.48 Å². The van der Waals surface area contributed by atoms with Crippen molar-refractivity contribution in [2.24, 2.45) is 0 Å². The van der Waals surface area contributed by atoms with E-state index in [1.165, 1.54) is 0 Å². The van der Waals surface area contributed by atoms with E-state index in [9.17, 15) is 9.59 Å². The van der Waals surface area contributed by atoms with Gasteiger partial charge in [-0.05, 0) is 52.0 Å². The second-order valence-corrected chi connectivity index (χ2v) is 7.86. The van der Waals surface area contributed by atoms with Gasteiger partial charge < -0.3 is 15.5 Å². The summed E-state index contributed by atoms with van der Waals surface area (Å²) in [4.78, 5) is 27.0. The van der Waals surface area contributed by atoms with Crippen LogP contribution >= 0.6 is 0 Å². The Bertz CT molecular complexity index is 1070. The molecule has 0 saturated heterocycles. The third kappa shape index (κ3) is 5.12. The lowest BCUT2D eigenvalue weighted by atomic mass is 10.1. The van der Waals surface area contributed by atoms with E-state index in [-0.39, 0.29) is 18.0 Å². The lowest BCUT2D eigenvalue weighted by molar-refractivity contribution is 0.0786. The quantitative estimate of drug-likeness (QED) is 0.625. The number of para-hydroxylation sites is 2. The van der Waals surface area contributed by atoms with Gasteiger partial charge in [-0.15, -0.1) is 0 Å². The molecule has 0 aliphatic carbocycles. The van der Waals surface area contributed by atoms with Crippen LogP contribution in [0.2, 0.25) is 0 Å². The molecule has 2 aromatic carbocycles. The van der Waals surface area contributed by atoms with Crippen LogP contribution in [0.25, 0.3) is 5.69 Å². The number of aromatic nitrogens is 2. The van der Waals surface area contributed by atoms with Gasteiger partial charge in [0, 0.05) is 30.9 Å². The summed E-state index contributed by atoms with van der Waals surface area (Å²) in [7, 11) is 1.76. The fourth-order valence-corrected chi connectivity index (χ4v) is 3.44. The first-order valence-corrected chi connectivity index (χ1v) is 10.3. The number of benzene rings is 2. The van der Waals surface area contributed by atoms with Crippen LogP contribution in [0.15, 0.2) is 54.6 Å². The highest BCUT2D eigenvalue weighted by Gasteiger charge is 2.20. The molecule has 0 atom stereocenters. The number of nitrogens with one attached hydrogen (secondary N) is 2. The molecule has 7 nitrogen and oxygen atoms in total. The minimum Gasteiger partial charge on any atom is -0.337 e. The van der Waals surface area contributed by atoms with Gasteiger partial charge >= 0.3 is 6.03 Å². The number of carbonyl (C=O) groups is 2. The predicted molar refractivity (Wildman–Crippen MR) is 123 cm³/mol. The summed E-state index contributed by atoms with van der Waals surface area (Å²) in [5.41, 5.74) is 4.77. The van der Waals surface area contributed by atoms with Crippen LogP contribution in [0.5, 0.6) is 0 Å². The first-order valence-electron chi connectivity index (χ1n) is 10.3. The fourth-order valence-electron chi connectivity index (χ4n) is 3.44. The van der Waals surface area contributed by atoms with Crippen molar-refractivity contribution in [3.63, 3.8) is 0 Å². The zero-order valence-electron chi connectivity index (χ0n) is 18.6. The van der Waals surface area contributed by atoms with Crippen LogP contribution in [0, 0.1) is 13.8 Å². The Morgan fingerprint density at radius 3 is 2.35 bits per heavy atom. The lowest BCUT2D eigenvalue weighted by Crippen LogP contribution is -2.35. The molecular formula is C24H29N5O2. The second kappa shape index (κ2) is 9.47. The van der Waals surface area contributed by atoms with Gasteiger partial charge in [-0.1, -0.05) is 30.3 Å². The predicted octanol–water partition coefficient (Wildman–Crippen LogP) is 4.29. The molecule has 2 N–H and O–H groups in total. The zero-order valence-corrected chi connectivity index (χ0v) is 18.6. The molecule has 0 fully saturated rings. The van der Waals surface area contributed by atoms with Crippen molar-refractivity contribution in [2.45, 2.75) is 40.3 Å². The molecule has 0 radical (unpaired) electrons. The molecule has 0 aliphatic rings. The Balaban J connectivity index is 1.81. The summed E-state index contributed by atoms with van der Waals surface area (Å²) in [5.74, 6) is -0.174. The third-order valence-electron chi connectivity index (χ3n) is 5.01. The van der Waals surface area contributed by atoms with E-state index in [0.29, 0.717) is 17.8 Å². The number of hydrogen-bond acceptors (Lipinski definition) is 3. The van der Waals surface area contributed by atoms with E-state index < -0.39 is 0 Å². The van der Waals surface area contributed by atoms with E-state index in [1.54, 1.807) is 36.2 Å². The molecule has 0 unspecified atom stereocenters. The van der Waals surface area contributed by atoms with Crippen molar-refractivity contribution in [2.75, 3.05) is 12.4 Å². The Hall–Kier alpha value is -3.61. The first kappa shape index (κ1) is 22.1. The van der Waals surface area contributed by atoms with Crippen molar-refractivity contribution in [1.29, 1.82) is 0 Å². The van der Waals surface area contributed by atoms with E-state index in [2.05, 4.69) is 15.7 Å². The van der Waals surface area contributed by atoms with Gasteiger partial charge in [0.05, 0.1) is 22.6 Å². The molecule has 0 spiro atoms. The molecule has 0 saturated carbocycles. The molecule has 1 heterocycles. The molecule has 1 aromatic heterocycles. The SMILES string of the molecule is Cc1nn(-c2ccccc2)c(C)c1CN(C)C(=O)c1ccccc1NC(=O)NC(C)C. The van der Waals surface area contributed by atoms with Gasteiger partial charge in [0.2, 0.25) is 0 Å². The number of urea groups is 1. The topological polar surface area (TPSA) is 79.3 Å². The van der Waals surface area contributed by atoms with Gasteiger partial charge in [0.1, 0.15) is 0 Å². The Kier molecular flexibility index (Phi) is 6.74. The Labute approximate surface area is 183 Å². The van der Waals surface area contributed by atoms with Crippen molar-refractivity contribution >= 4 is 17.6 Å². The highest BCUT2D eigenvalue weighted by atomic mass is 16.2. The number of amides is 3. The van der Waals surface area contributed by atoms with Crippen LogP contribution in [0.1, 0.15) is 41.2 Å². The number of aryl methyl sites for hydroxylation is 1. The maximum absolute atomic E-state index is 13.2. The van der Waals surface area contributed by atoms with Crippen molar-refractivity contribution in [3.8, 4) is 5.69 Å². The number of carbonyl (C=O) groups excluding carboxylic acids is 2. The lowest BCUT2D eigenvalue weighted by Gasteiger charge is -2.20. The molecule has 7 heteroatoms. The smallest absolute Gasteiger partial charge is 0.319 e. The summed E-state index contributed by atoms with van der Waals surface area (Å²) < 4.78 is 1.90. The van der Waals surface area contributed by atoms with Gasteiger partial charge in [-0.3, -0.25) is 4.79 Å². The summed E-state index contributed by atoms with van der Waals surface area (Å²) in [6.07, 6.45) is 0. The van der Waals surface area contributed by atoms with Crippen LogP contribution in [0.3, 0.4) is 0 Å². The number of rotatable bonds is 6. The van der Waals surface area contributed by atoms with Crippen LogP contribution in [-0.4, -0.2) is 39.7 Å². The van der Waals surface area contributed by atoms with Crippen molar-refractivity contribution in [1.82, 2.24) is 20.0 Å². The average molecular weight is 420 g/mol. The summed E-state index contributed by atoms with van der Waals surface area (Å²) >= 11 is 0. The van der Waals surface area contributed by atoms with E-state index in [0.717, 1.165) is 22.6 Å². The largest absolute Gasteiger partial charge is 0.337 e. The second-order valence-electron chi connectivity index (χ2n) is 7.86. The minimum absolute atomic E-state index is 0.00219. The average Bonchev–Trinajstić information content (AvgIpc) is 3.02. The Morgan fingerprint density at radius 2 is 1.68 bits per heavy atom. The molecule has 162 valence electrons. The van der Waals surface area contributed by atoms with Crippen LogP contribution < -0.4 is 10.6 Å². The Morgan fingerprint density at radius 1 is 1.03 bits per heavy atom. The standard InChI is InChI=1S/C24H29N5O2/c1-16(2)25-24(31)26-22-14-10-9-13-20(22)23(30)28(5)15-21-17(3)27-29(18(21)4)19-11-7-6-8-12-19/h6-14,16H,15H2,1-5H3,(H2,25,26,31). The highest BCUT2D eigenvalue weighted by molar-refractivity contribution is 6.03. The summed E-state index contributed by atoms with van der Waals surface area (Å²) in [6.45, 7) is 8.13. The molecule has 3 amide bonds. The maximum atomic E-state index is 13.2. The molecule has 0 bridgehead atoms. The molecule has 3 rings (SSSR count). The molecule has 0 aliphatic heterocycles. The molecule has 3 aromatic rings. The van der Waals surface area contributed by atoms with Crippen LogP contribution in [0.4, 0.5) is 10.5 Å². The normalized spacial score (nSPS) is 10.8. The fraction of sp³-hybridized carbons (Fsp3) is 0.292. The summed E-state index contributed by atoms with van der Waals surface area (Å²) in [5, 5.41) is 10.2. The highest BCUT2D eigenvalue weighted by Crippen LogP contribution is 2.22. The van der Waals surface area contributed by atoms with Gasteiger partial charge in [0.15, 0.2) is 0 Å². The maximum Gasteiger partial charge on any atom is 0.319 e. The van der Waals surface area contributed by atoms with E-state index in [4.69, 9.17) is 0 Å². The molecule has 31 heavy (non-hydrogen) atoms. The van der Waals surface area contributed by atoms with Gasteiger partial charge in [0.25, 0.3) is 5.91 Å². The number of hydrogen-bond donors (Lipinski definition) is 2. The van der Waals surface area contributed by atoms with Gasteiger partial charge in [-0.2, -0.15) is 5.10 Å². The third-order valence-corrected chi connectivity index (χ3v) is 5.01. The van der Waals surface area contributed by atoms with E-state index in [1.807, 2.05) is 62.7 Å². The van der Waals surface area contributed by atoms with E-state index >= 15 is 0 Å². The first-order chi connectivity index (χ1) is 14.8. The van der Waals surface area contributed by atoms with Crippen LogP contribution in [-0.2, 0) is 6.54 Å². The molecular weight excluding hydrogens is 390 g/mol. The van der Waals surface area contributed by atoms with Crippen molar-refractivity contribution in [3.05, 3.63) is 77.1 Å². The summed E-state index contributed by atoms with van der Waals surface area (Å²) in [6, 6.07) is 16.6. The zero-order chi connectivity index (χ0) is 22.5. The van der Waals surface area contributed by atoms with Crippen molar-refractivity contribution < 1.29 is 9.59 Å². The number of nitrogens with zero attached hydrogens (tertiary/aromatic N) is 3.